The summed E-state index contributed by atoms with van der Waals surface area (Å²) in [4.78, 5) is 23.2. The normalized spacial score (nSPS) is 18.2. The van der Waals surface area contributed by atoms with Crippen LogP contribution in [-0.4, -0.2) is 39.9 Å². The van der Waals surface area contributed by atoms with Crippen molar-refractivity contribution >= 4 is 5.91 Å². The summed E-state index contributed by atoms with van der Waals surface area (Å²) in [7, 11) is 0. The van der Waals surface area contributed by atoms with E-state index in [2.05, 4.69) is 44.5 Å². The van der Waals surface area contributed by atoms with Crippen LogP contribution in [0.2, 0.25) is 0 Å². The fraction of sp³-hybridized carbons (Fsp3) is 0.421. The van der Waals surface area contributed by atoms with Gasteiger partial charge in [0.05, 0.1) is 11.7 Å². The second-order valence-corrected chi connectivity index (χ2v) is 6.21. The van der Waals surface area contributed by atoms with Crippen LogP contribution >= 0.6 is 0 Å². The van der Waals surface area contributed by atoms with Crippen LogP contribution in [0.5, 0.6) is 0 Å². The highest BCUT2D eigenvalue weighted by molar-refractivity contribution is 5.81. The number of hydrogen-bond acceptors (Lipinski definition) is 4. The zero-order valence-corrected chi connectivity index (χ0v) is 13.9. The van der Waals surface area contributed by atoms with Gasteiger partial charge in [0.15, 0.2) is 0 Å². The minimum absolute atomic E-state index is 0.0270. The molecule has 1 aliphatic rings. The summed E-state index contributed by atoms with van der Waals surface area (Å²) in [5.41, 5.74) is 2.17. The maximum Gasteiger partial charge on any atom is 0.237 e. The van der Waals surface area contributed by atoms with Gasteiger partial charge >= 0.3 is 0 Å². The standard InChI is InChI=1S/C19H24N4O/c24-19(22-10-9-17-14-20-11-12-21-17)18-8-4-5-13-23(18)15-16-6-2-1-3-7-16/h1-3,6-7,11-12,14,18H,4-5,8-10,13,15H2,(H,22,24). The summed E-state index contributed by atoms with van der Waals surface area (Å²) in [6.45, 7) is 2.42. The quantitative estimate of drug-likeness (QED) is 0.885. The van der Waals surface area contributed by atoms with Gasteiger partial charge in [-0.1, -0.05) is 36.8 Å². The lowest BCUT2D eigenvalue weighted by Gasteiger charge is -2.34. The van der Waals surface area contributed by atoms with Crippen LogP contribution in [-0.2, 0) is 17.8 Å². The predicted molar refractivity (Wildman–Crippen MR) is 93.2 cm³/mol. The monoisotopic (exact) mass is 324 g/mol. The number of piperidine rings is 1. The molecule has 0 radical (unpaired) electrons. The maximum atomic E-state index is 12.6. The molecule has 1 amide bonds. The first-order chi connectivity index (χ1) is 11.8. The lowest BCUT2D eigenvalue weighted by atomic mass is 10.0. The molecule has 2 aromatic rings. The molecule has 1 aromatic heterocycles. The van der Waals surface area contributed by atoms with Gasteiger partial charge < -0.3 is 5.32 Å². The molecule has 5 nitrogen and oxygen atoms in total. The predicted octanol–water partition coefficient (Wildman–Crippen LogP) is 2.19. The number of carbonyl (C=O) groups is 1. The van der Waals surface area contributed by atoms with Crippen molar-refractivity contribution in [2.24, 2.45) is 0 Å². The molecule has 1 N–H and O–H groups in total. The fourth-order valence-corrected chi connectivity index (χ4v) is 3.19. The molecule has 3 rings (SSSR count). The maximum absolute atomic E-state index is 12.6. The average molecular weight is 324 g/mol. The molecular weight excluding hydrogens is 300 g/mol. The third kappa shape index (κ3) is 4.61. The minimum atomic E-state index is -0.0270. The van der Waals surface area contributed by atoms with Gasteiger partial charge in [0.2, 0.25) is 5.91 Å². The first-order valence-electron chi connectivity index (χ1n) is 8.63. The SMILES string of the molecule is O=C(NCCc1cnccn1)C1CCCCN1Cc1ccccc1. The van der Waals surface area contributed by atoms with E-state index in [1.54, 1.807) is 18.6 Å². The first-order valence-corrected chi connectivity index (χ1v) is 8.63. The summed E-state index contributed by atoms with van der Waals surface area (Å²) in [5, 5.41) is 3.07. The number of hydrogen-bond donors (Lipinski definition) is 1. The van der Waals surface area contributed by atoms with Gasteiger partial charge in [-0.15, -0.1) is 0 Å². The van der Waals surface area contributed by atoms with Gasteiger partial charge in [0.1, 0.15) is 0 Å². The summed E-state index contributed by atoms with van der Waals surface area (Å²) in [5.74, 6) is 0.134. The number of nitrogens with zero attached hydrogens (tertiary/aromatic N) is 3. The Morgan fingerprint density at radius 3 is 2.88 bits per heavy atom. The Morgan fingerprint density at radius 2 is 2.08 bits per heavy atom. The molecule has 1 aromatic carbocycles. The number of benzene rings is 1. The van der Waals surface area contributed by atoms with E-state index in [1.807, 2.05) is 6.07 Å². The van der Waals surface area contributed by atoms with Crippen molar-refractivity contribution in [2.45, 2.75) is 38.3 Å². The molecule has 1 fully saturated rings. The second-order valence-electron chi connectivity index (χ2n) is 6.21. The van der Waals surface area contributed by atoms with Crippen molar-refractivity contribution in [3.05, 3.63) is 60.2 Å². The highest BCUT2D eigenvalue weighted by Gasteiger charge is 2.28. The summed E-state index contributed by atoms with van der Waals surface area (Å²) >= 11 is 0. The van der Waals surface area contributed by atoms with E-state index in [0.717, 1.165) is 38.0 Å². The third-order valence-electron chi connectivity index (χ3n) is 4.44. The van der Waals surface area contributed by atoms with Crippen LogP contribution in [0, 0.1) is 0 Å². The number of carbonyl (C=O) groups excluding carboxylic acids is 1. The van der Waals surface area contributed by atoms with E-state index < -0.39 is 0 Å². The van der Waals surface area contributed by atoms with Crippen LogP contribution in [0.4, 0.5) is 0 Å². The molecule has 24 heavy (non-hydrogen) atoms. The summed E-state index contributed by atoms with van der Waals surface area (Å²) in [6, 6.07) is 10.3. The lowest BCUT2D eigenvalue weighted by Crippen LogP contribution is -2.49. The minimum Gasteiger partial charge on any atom is -0.354 e. The molecule has 1 atom stereocenters. The largest absolute Gasteiger partial charge is 0.354 e. The molecule has 2 heterocycles. The van der Waals surface area contributed by atoms with Crippen LogP contribution in [0.3, 0.4) is 0 Å². The molecule has 0 spiro atoms. The van der Waals surface area contributed by atoms with Crippen molar-refractivity contribution in [3.8, 4) is 0 Å². The van der Waals surface area contributed by atoms with Crippen molar-refractivity contribution in [1.29, 1.82) is 0 Å². The zero-order valence-electron chi connectivity index (χ0n) is 13.9. The highest BCUT2D eigenvalue weighted by Crippen LogP contribution is 2.19. The van der Waals surface area contributed by atoms with E-state index in [-0.39, 0.29) is 11.9 Å². The number of likely N-dealkylation sites (tertiary alicyclic amines) is 1. The molecule has 1 unspecified atom stereocenters. The highest BCUT2D eigenvalue weighted by atomic mass is 16.2. The van der Waals surface area contributed by atoms with Gasteiger partial charge in [0.25, 0.3) is 0 Å². The Balaban J connectivity index is 1.53. The summed E-state index contributed by atoms with van der Waals surface area (Å²) < 4.78 is 0. The summed E-state index contributed by atoms with van der Waals surface area (Å²) in [6.07, 6.45) is 9.01. The van der Waals surface area contributed by atoms with E-state index in [1.165, 1.54) is 5.56 Å². The third-order valence-corrected chi connectivity index (χ3v) is 4.44. The molecule has 126 valence electrons. The topological polar surface area (TPSA) is 58.1 Å². The Labute approximate surface area is 143 Å². The molecule has 0 saturated carbocycles. The van der Waals surface area contributed by atoms with Gasteiger partial charge in [-0.2, -0.15) is 0 Å². The van der Waals surface area contributed by atoms with Crippen molar-refractivity contribution < 1.29 is 4.79 Å². The molecule has 0 bridgehead atoms. The average Bonchev–Trinajstić information content (AvgIpc) is 2.64. The van der Waals surface area contributed by atoms with Crippen LogP contribution in [0.15, 0.2) is 48.9 Å². The molecule has 1 aliphatic heterocycles. The molecular formula is C19H24N4O. The number of nitrogens with one attached hydrogen (secondary N) is 1. The Bertz CT molecular complexity index is 632. The van der Waals surface area contributed by atoms with Crippen molar-refractivity contribution in [1.82, 2.24) is 20.2 Å². The smallest absolute Gasteiger partial charge is 0.237 e. The number of rotatable bonds is 6. The van der Waals surface area contributed by atoms with Crippen LogP contribution in [0.1, 0.15) is 30.5 Å². The van der Waals surface area contributed by atoms with Gasteiger partial charge in [-0.3, -0.25) is 19.7 Å². The van der Waals surface area contributed by atoms with E-state index in [4.69, 9.17) is 0 Å². The van der Waals surface area contributed by atoms with Crippen LogP contribution in [0.25, 0.3) is 0 Å². The van der Waals surface area contributed by atoms with E-state index in [0.29, 0.717) is 13.0 Å². The zero-order chi connectivity index (χ0) is 16.6. The van der Waals surface area contributed by atoms with E-state index >= 15 is 0 Å². The van der Waals surface area contributed by atoms with Gasteiger partial charge in [-0.05, 0) is 24.9 Å². The van der Waals surface area contributed by atoms with Crippen molar-refractivity contribution in [3.63, 3.8) is 0 Å². The number of amides is 1. The van der Waals surface area contributed by atoms with Gasteiger partial charge in [0, 0.05) is 38.1 Å². The first kappa shape index (κ1) is 16.6. The lowest BCUT2D eigenvalue weighted by molar-refractivity contribution is -0.127. The molecule has 0 aliphatic carbocycles. The number of aromatic nitrogens is 2. The molecule has 5 heteroatoms. The van der Waals surface area contributed by atoms with Crippen molar-refractivity contribution in [2.75, 3.05) is 13.1 Å². The Hall–Kier alpha value is -2.27. The fourth-order valence-electron chi connectivity index (χ4n) is 3.19. The Kier molecular flexibility index (Phi) is 5.90. The van der Waals surface area contributed by atoms with E-state index in [9.17, 15) is 4.79 Å². The second kappa shape index (κ2) is 8.55. The van der Waals surface area contributed by atoms with Gasteiger partial charge in [-0.25, -0.2) is 0 Å². The Morgan fingerprint density at radius 1 is 1.21 bits per heavy atom. The van der Waals surface area contributed by atoms with Crippen LogP contribution < -0.4 is 5.32 Å². The molecule has 1 saturated heterocycles.